The number of guanidine groups is 1. The fourth-order valence-corrected chi connectivity index (χ4v) is 8.68. The summed E-state index contributed by atoms with van der Waals surface area (Å²) in [5.41, 5.74) is 12.7. The first kappa shape index (κ1) is 80.8. The Labute approximate surface area is 519 Å². The molecule has 0 aromatic heterocycles. The fraction of sp³-hybridized carbons (Fsp3) is 0.667. The largest absolute Gasteiger partial charge is 0.481 e. The molecule has 11 atom stereocenters. The molecule has 32 nitrogen and oxygen atoms in total. The van der Waals surface area contributed by atoms with Gasteiger partial charge in [-0.2, -0.15) is 0 Å². The van der Waals surface area contributed by atoms with Crippen molar-refractivity contribution >= 4 is 89.9 Å². The standard InChI is InChI=1S/C57H98N16O16/c1-12-14-16-22-56(9,61-11)53(88)72-46(64-35(29-74)19-18-24-62-55(59)60)51(86)70-45(65-36(30-75)25-32(3)4)50(85)71-47(66-37(31-76)26-33(5)6)52(87)73-57(10,23-17-15-13-2)54(89)68-38(20-21-41(78)79)48(83)69-43(34(7)8)49(84)63-28-40(77)67-39(44(58)82)27-42(80)81/h12-13,29-39,43,45-47,61,64-66H,1-2,14-28H2,3-11H3,(H2,58,82)(H,63,84)(H,67,77)(H,68,89)(H,69,83)(H,70,86)(H,71,85)(H,72,88)(H,73,87)(H,78,79)(H,80,81)(H4,59,60,62)/t35-,36-,37-,38-,39?,43?,45?,46+,47+,56-,57-/m0/s1. The van der Waals surface area contributed by atoms with Gasteiger partial charge in [0.25, 0.3) is 17.7 Å². The molecule has 0 aliphatic carbocycles. The van der Waals surface area contributed by atoms with Crippen LogP contribution in [0.3, 0.4) is 0 Å². The van der Waals surface area contributed by atoms with Crippen LogP contribution in [0, 0.1) is 17.8 Å². The van der Waals surface area contributed by atoms with E-state index in [4.69, 9.17) is 22.3 Å². The summed E-state index contributed by atoms with van der Waals surface area (Å²) in [6.45, 7) is 19.6. The maximum atomic E-state index is 14.9. The lowest BCUT2D eigenvalue weighted by molar-refractivity contribution is -0.140. The topological polar surface area (TPSA) is 514 Å². The molecule has 0 saturated carbocycles. The predicted molar refractivity (Wildman–Crippen MR) is 328 cm³/mol. The Kier molecular flexibility index (Phi) is 38.0. The van der Waals surface area contributed by atoms with Crippen LogP contribution in [0.4, 0.5) is 0 Å². The van der Waals surface area contributed by atoms with Crippen molar-refractivity contribution in [3.63, 3.8) is 0 Å². The second-order valence-corrected chi connectivity index (χ2v) is 23.0. The summed E-state index contributed by atoms with van der Waals surface area (Å²) in [4.78, 5) is 190. The van der Waals surface area contributed by atoms with E-state index in [1.807, 2.05) is 0 Å². The number of carboxylic acid groups (broad SMARTS) is 2. The first-order chi connectivity index (χ1) is 41.6. The molecule has 0 aromatic rings. The van der Waals surface area contributed by atoms with Crippen LogP contribution < -0.4 is 81.0 Å². The van der Waals surface area contributed by atoms with Gasteiger partial charge >= 0.3 is 11.9 Å². The lowest BCUT2D eigenvalue weighted by Crippen LogP contribution is -2.69. The smallest absolute Gasteiger partial charge is 0.305 e. The highest BCUT2D eigenvalue weighted by Crippen LogP contribution is 2.18. The van der Waals surface area contributed by atoms with Crippen LogP contribution in [-0.4, -0.2) is 186 Å². The molecule has 9 amide bonds. The van der Waals surface area contributed by atoms with Crippen molar-refractivity contribution in [3.05, 3.63) is 25.3 Å². The van der Waals surface area contributed by atoms with Crippen molar-refractivity contribution in [1.82, 2.24) is 63.8 Å². The number of carboxylic acids is 2. The normalized spacial score (nSPS) is 15.6. The average Bonchev–Trinajstić information content (AvgIpc) is 2.03. The Hall–Kier alpha value is -8.23. The minimum Gasteiger partial charge on any atom is -0.481 e. The molecule has 0 radical (unpaired) electrons. The quantitative estimate of drug-likeness (QED) is 0.00703. The van der Waals surface area contributed by atoms with E-state index < -0.39 is 163 Å². The summed E-state index contributed by atoms with van der Waals surface area (Å²) in [5.74, 6) is -13.7. The van der Waals surface area contributed by atoms with E-state index in [0.29, 0.717) is 31.7 Å². The first-order valence-electron chi connectivity index (χ1n) is 29.4. The van der Waals surface area contributed by atoms with Crippen LogP contribution in [-0.2, 0) is 67.1 Å². The number of primary amides is 1. The third-order valence-electron chi connectivity index (χ3n) is 13.8. The number of aldehydes is 3. The van der Waals surface area contributed by atoms with Gasteiger partial charge in [0.2, 0.25) is 35.4 Å². The molecule has 0 aliphatic heterocycles. The number of aliphatic imine (C=N–C) groups is 1. The highest BCUT2D eigenvalue weighted by molar-refractivity contribution is 5.99. The van der Waals surface area contributed by atoms with Gasteiger partial charge in [-0.25, -0.2) is 0 Å². The number of hydrogen-bond acceptors (Lipinski definition) is 19. The molecule has 502 valence electrons. The number of nitrogens with zero attached hydrogens (tertiary/aromatic N) is 1. The Bertz CT molecular complexity index is 2460. The van der Waals surface area contributed by atoms with Gasteiger partial charge in [-0.3, -0.25) is 73.7 Å². The number of nitrogens with two attached hydrogens (primary N) is 3. The van der Waals surface area contributed by atoms with Crippen LogP contribution in [0.2, 0.25) is 0 Å². The molecule has 3 unspecified atom stereocenters. The van der Waals surface area contributed by atoms with Gasteiger partial charge in [-0.05, 0) is 109 Å². The molecular weight excluding hydrogens is 1160 g/mol. The van der Waals surface area contributed by atoms with Crippen molar-refractivity contribution in [3.8, 4) is 0 Å². The molecule has 0 bridgehead atoms. The van der Waals surface area contributed by atoms with Crippen molar-refractivity contribution in [2.45, 2.75) is 205 Å². The van der Waals surface area contributed by atoms with Gasteiger partial charge in [0.1, 0.15) is 42.5 Å². The summed E-state index contributed by atoms with van der Waals surface area (Å²) in [6.07, 6.45) is -1.27. The fourth-order valence-electron chi connectivity index (χ4n) is 8.68. The Balaban J connectivity index is 7.68. The first-order valence-corrected chi connectivity index (χ1v) is 29.4. The summed E-state index contributed by atoms with van der Waals surface area (Å²) in [7, 11) is 1.53. The van der Waals surface area contributed by atoms with E-state index in [1.165, 1.54) is 33.9 Å². The third kappa shape index (κ3) is 32.0. The zero-order valence-electron chi connectivity index (χ0n) is 52.6. The van der Waals surface area contributed by atoms with E-state index in [0.717, 1.165) is 0 Å². The lowest BCUT2D eigenvalue weighted by Gasteiger charge is -2.35. The molecule has 89 heavy (non-hydrogen) atoms. The van der Waals surface area contributed by atoms with E-state index in [-0.39, 0.29) is 75.7 Å². The van der Waals surface area contributed by atoms with E-state index >= 15 is 0 Å². The lowest BCUT2D eigenvalue weighted by atomic mass is 9.92. The Morgan fingerprint density at radius 2 is 1.04 bits per heavy atom. The zero-order valence-corrected chi connectivity index (χ0v) is 52.6. The number of nitrogens with one attached hydrogen (secondary N) is 12. The summed E-state index contributed by atoms with van der Waals surface area (Å²) >= 11 is 0. The molecule has 0 spiro atoms. The van der Waals surface area contributed by atoms with Gasteiger partial charge in [0, 0.05) is 13.0 Å². The van der Waals surface area contributed by atoms with Crippen molar-refractivity contribution < 1.29 is 77.3 Å². The Morgan fingerprint density at radius 1 is 0.562 bits per heavy atom. The van der Waals surface area contributed by atoms with Gasteiger partial charge in [-0.15, -0.1) is 13.2 Å². The van der Waals surface area contributed by atoms with Crippen LogP contribution in [0.15, 0.2) is 30.3 Å². The molecular formula is C57H98N16O16. The molecule has 0 aromatic carbocycles. The molecule has 32 heteroatoms. The van der Waals surface area contributed by atoms with E-state index in [9.17, 15) is 72.2 Å². The van der Waals surface area contributed by atoms with Crippen LogP contribution in [0.1, 0.15) is 139 Å². The van der Waals surface area contributed by atoms with Crippen LogP contribution in [0.25, 0.3) is 0 Å². The van der Waals surface area contributed by atoms with Crippen LogP contribution in [0.5, 0.6) is 0 Å². The summed E-state index contributed by atoms with van der Waals surface area (Å²) in [5, 5.41) is 49.5. The molecule has 0 heterocycles. The number of carbonyl (C=O) groups is 14. The number of unbranched alkanes of at least 4 members (excludes halogenated alkanes) is 2. The van der Waals surface area contributed by atoms with Crippen molar-refractivity contribution in [1.29, 1.82) is 0 Å². The SMILES string of the molecule is C=CCCC[C@](C)(NC)C(=O)N[C@@H](N[C@H](C=O)CCCN=C(N)N)C(=O)NC(N[C@H](C=O)CC(C)C)C(=O)N[C@@H](N[C@H](C=O)CC(C)C)C(=O)N[C@@](C)(CCCC=C)C(=O)N[C@@H](CCC(=O)O)C(=O)NC(C(=O)NCC(=O)NC(CC(=O)O)C(N)=O)C(C)C. The van der Waals surface area contributed by atoms with Gasteiger partial charge < -0.3 is 89.6 Å². The second-order valence-electron chi connectivity index (χ2n) is 23.0. The monoisotopic (exact) mass is 1260 g/mol. The molecule has 20 N–H and O–H groups in total. The van der Waals surface area contributed by atoms with E-state index in [2.05, 4.69) is 82.0 Å². The minimum atomic E-state index is -2.07. The third-order valence-corrected chi connectivity index (χ3v) is 13.8. The average molecular weight is 1260 g/mol. The number of aliphatic carboxylic acids is 2. The molecule has 0 fully saturated rings. The molecule has 0 rings (SSSR count). The predicted octanol–water partition coefficient (Wildman–Crippen LogP) is -3.45. The summed E-state index contributed by atoms with van der Waals surface area (Å²) in [6, 6.07) is -8.26. The van der Waals surface area contributed by atoms with Crippen LogP contribution >= 0.6 is 0 Å². The van der Waals surface area contributed by atoms with Gasteiger partial charge in [0.05, 0.1) is 36.6 Å². The number of hydrogen-bond donors (Lipinski definition) is 17. The maximum Gasteiger partial charge on any atom is 0.305 e. The number of allylic oxidation sites excluding steroid dienone is 2. The molecule has 0 aliphatic rings. The number of likely N-dealkylation sites (N-methyl/N-ethyl adjacent to an activating group) is 1. The highest BCUT2D eigenvalue weighted by atomic mass is 16.4. The second kappa shape index (κ2) is 41.8. The minimum absolute atomic E-state index is 0.0489. The zero-order chi connectivity index (χ0) is 68.2. The maximum absolute atomic E-state index is 14.9. The van der Waals surface area contributed by atoms with Gasteiger partial charge in [-0.1, -0.05) is 53.7 Å². The van der Waals surface area contributed by atoms with Crippen molar-refractivity contribution in [2.75, 3.05) is 20.1 Å². The van der Waals surface area contributed by atoms with Gasteiger partial charge in [0.15, 0.2) is 24.5 Å². The molecule has 0 saturated heterocycles. The Morgan fingerprint density at radius 3 is 1.48 bits per heavy atom. The van der Waals surface area contributed by atoms with E-state index in [1.54, 1.807) is 40.7 Å². The van der Waals surface area contributed by atoms with Crippen molar-refractivity contribution in [2.24, 2.45) is 39.9 Å². The number of carbonyl (C=O) groups excluding carboxylic acids is 12. The number of amides is 9. The summed E-state index contributed by atoms with van der Waals surface area (Å²) < 4.78 is 0. The number of rotatable bonds is 49. The highest BCUT2D eigenvalue weighted by Gasteiger charge is 2.42.